The molecule has 0 spiro atoms. The Balaban J connectivity index is 2.20. The number of aliphatic carboxylic acids is 1. The fraction of sp³-hybridized carbons (Fsp3) is 0.750. The minimum absolute atomic E-state index is 0.0668. The molecule has 2 N–H and O–H groups in total. The van der Waals surface area contributed by atoms with Crippen LogP contribution in [0.15, 0.2) is 0 Å². The number of hydrogen-bond acceptors (Lipinski definition) is 4. The van der Waals surface area contributed by atoms with Gasteiger partial charge in [-0.15, -0.1) is 11.8 Å². The monoisotopic (exact) mass is 217 g/mol. The number of hydrogen-bond donors (Lipinski definition) is 2. The lowest BCUT2D eigenvalue weighted by Crippen LogP contribution is -2.67. The number of thioether (sulfide) groups is 1. The van der Waals surface area contributed by atoms with Crippen molar-refractivity contribution in [3.05, 3.63) is 0 Å². The first-order chi connectivity index (χ1) is 6.45. The largest absolute Gasteiger partial charge is 0.479 e. The van der Waals surface area contributed by atoms with E-state index in [1.54, 1.807) is 6.92 Å². The van der Waals surface area contributed by atoms with Gasteiger partial charge in [-0.2, -0.15) is 0 Å². The van der Waals surface area contributed by atoms with Crippen molar-refractivity contribution in [1.82, 2.24) is 4.90 Å². The van der Waals surface area contributed by atoms with Crippen LogP contribution in [-0.2, 0) is 9.59 Å². The summed E-state index contributed by atoms with van der Waals surface area (Å²) < 4.78 is 0. The van der Waals surface area contributed by atoms with Crippen LogP contribution in [0.2, 0.25) is 0 Å². The molecule has 2 fully saturated rings. The second-order valence-electron chi connectivity index (χ2n) is 3.69. The Morgan fingerprint density at radius 3 is 2.86 bits per heavy atom. The first kappa shape index (κ1) is 9.79. The van der Waals surface area contributed by atoms with E-state index in [2.05, 4.69) is 0 Å². The quantitative estimate of drug-likeness (QED) is 0.579. The standard InChI is InChI=1S/C8H11NO4S/c1-4-8(13,7(11)12)3-9-5(10)2-6(9)14-4/h4,6,13H,2-3H2,1H3,(H,11,12)/t4?,6-,8?/m1/s1. The highest BCUT2D eigenvalue weighted by Crippen LogP contribution is 2.42. The fourth-order valence-electron chi connectivity index (χ4n) is 1.71. The van der Waals surface area contributed by atoms with Crippen LogP contribution in [0, 0.1) is 0 Å². The molecule has 0 aromatic rings. The molecule has 2 aliphatic heterocycles. The van der Waals surface area contributed by atoms with Crippen LogP contribution in [-0.4, -0.2) is 49.8 Å². The van der Waals surface area contributed by atoms with Crippen molar-refractivity contribution >= 4 is 23.6 Å². The zero-order chi connectivity index (χ0) is 10.5. The maximum absolute atomic E-state index is 11.1. The topological polar surface area (TPSA) is 77.8 Å². The van der Waals surface area contributed by atoms with Gasteiger partial charge in [0.1, 0.15) is 0 Å². The van der Waals surface area contributed by atoms with E-state index in [0.29, 0.717) is 6.42 Å². The van der Waals surface area contributed by atoms with E-state index < -0.39 is 11.6 Å². The highest BCUT2D eigenvalue weighted by Gasteiger charge is 2.54. The van der Waals surface area contributed by atoms with Crippen molar-refractivity contribution in [1.29, 1.82) is 0 Å². The van der Waals surface area contributed by atoms with Crippen LogP contribution >= 0.6 is 11.8 Å². The SMILES string of the molecule is CC1S[C@@H]2CC(=O)N2CC1(O)C(=O)O. The van der Waals surface area contributed by atoms with Gasteiger partial charge < -0.3 is 15.1 Å². The lowest BCUT2D eigenvalue weighted by Gasteiger charge is -2.50. The molecule has 14 heavy (non-hydrogen) atoms. The van der Waals surface area contributed by atoms with Crippen molar-refractivity contribution in [2.24, 2.45) is 0 Å². The van der Waals surface area contributed by atoms with Crippen molar-refractivity contribution in [2.45, 2.75) is 29.6 Å². The Hall–Kier alpha value is -0.750. The third kappa shape index (κ3) is 1.14. The smallest absolute Gasteiger partial charge is 0.338 e. The van der Waals surface area contributed by atoms with Gasteiger partial charge >= 0.3 is 5.97 Å². The van der Waals surface area contributed by atoms with Gasteiger partial charge in [0.25, 0.3) is 0 Å². The highest BCUT2D eigenvalue weighted by molar-refractivity contribution is 8.00. The summed E-state index contributed by atoms with van der Waals surface area (Å²) in [7, 11) is 0. The fourth-order valence-corrected chi connectivity index (χ4v) is 3.16. The Labute approximate surface area is 85.1 Å². The van der Waals surface area contributed by atoms with E-state index in [9.17, 15) is 14.7 Å². The van der Waals surface area contributed by atoms with Gasteiger partial charge in [0.05, 0.1) is 18.3 Å². The molecular formula is C8H11NO4S. The zero-order valence-electron chi connectivity index (χ0n) is 7.64. The summed E-state index contributed by atoms with van der Waals surface area (Å²) in [5.41, 5.74) is -1.79. The second-order valence-corrected chi connectivity index (χ2v) is 5.21. The van der Waals surface area contributed by atoms with Crippen LogP contribution in [0.1, 0.15) is 13.3 Å². The first-order valence-electron chi connectivity index (χ1n) is 4.36. The van der Waals surface area contributed by atoms with Gasteiger partial charge in [0, 0.05) is 5.25 Å². The molecule has 0 radical (unpaired) electrons. The van der Waals surface area contributed by atoms with Crippen molar-refractivity contribution in [3.63, 3.8) is 0 Å². The molecular weight excluding hydrogens is 206 g/mol. The van der Waals surface area contributed by atoms with Crippen LogP contribution < -0.4 is 0 Å². The Kier molecular flexibility index (Phi) is 2.01. The summed E-state index contributed by atoms with van der Waals surface area (Å²) in [6.45, 7) is 1.60. The molecule has 6 heteroatoms. The normalized spacial score (nSPS) is 41.6. The predicted octanol–water partition coefficient (Wildman–Crippen LogP) is -0.504. The number of carboxylic acids is 1. The minimum Gasteiger partial charge on any atom is -0.479 e. The molecule has 2 aliphatic rings. The van der Waals surface area contributed by atoms with Gasteiger partial charge in [-0.1, -0.05) is 0 Å². The molecule has 5 nitrogen and oxygen atoms in total. The molecule has 0 aliphatic carbocycles. The molecule has 0 aromatic heterocycles. The highest BCUT2D eigenvalue weighted by atomic mass is 32.2. The molecule has 0 bridgehead atoms. The Morgan fingerprint density at radius 2 is 2.36 bits per heavy atom. The molecule has 0 saturated carbocycles. The first-order valence-corrected chi connectivity index (χ1v) is 5.30. The summed E-state index contributed by atoms with van der Waals surface area (Å²) in [6.07, 6.45) is 0.463. The number of carbonyl (C=O) groups is 2. The van der Waals surface area contributed by atoms with Crippen LogP contribution in [0.3, 0.4) is 0 Å². The zero-order valence-corrected chi connectivity index (χ0v) is 8.45. The molecule has 78 valence electrons. The maximum atomic E-state index is 11.1. The molecule has 2 rings (SSSR count). The Morgan fingerprint density at radius 1 is 1.71 bits per heavy atom. The third-order valence-electron chi connectivity index (χ3n) is 2.83. The number of rotatable bonds is 1. The number of β-lactam (4-membered cyclic amide) rings is 1. The Bertz CT molecular complexity index is 308. The number of fused-ring (bicyclic) bond motifs is 1. The van der Waals surface area contributed by atoms with Crippen molar-refractivity contribution in [3.8, 4) is 0 Å². The summed E-state index contributed by atoms with van der Waals surface area (Å²) in [5.74, 6) is -1.33. The molecule has 3 atom stereocenters. The number of nitrogens with zero attached hydrogens (tertiary/aromatic N) is 1. The predicted molar refractivity (Wildman–Crippen MR) is 49.8 cm³/mol. The maximum Gasteiger partial charge on any atom is 0.338 e. The van der Waals surface area contributed by atoms with E-state index in [4.69, 9.17) is 5.11 Å². The van der Waals surface area contributed by atoms with Gasteiger partial charge in [-0.25, -0.2) is 4.79 Å². The van der Waals surface area contributed by atoms with E-state index >= 15 is 0 Å². The molecule has 2 saturated heterocycles. The molecule has 1 amide bonds. The molecule has 0 aromatic carbocycles. The number of carboxylic acid groups (broad SMARTS) is 1. The summed E-state index contributed by atoms with van der Waals surface area (Å²) in [4.78, 5) is 23.4. The number of amides is 1. The molecule has 2 heterocycles. The average molecular weight is 217 g/mol. The van der Waals surface area contributed by atoms with Crippen molar-refractivity contribution in [2.75, 3.05) is 6.54 Å². The average Bonchev–Trinajstić information content (AvgIpc) is 2.11. The van der Waals surface area contributed by atoms with E-state index in [1.807, 2.05) is 0 Å². The molecule has 2 unspecified atom stereocenters. The second kappa shape index (κ2) is 2.87. The number of aliphatic hydroxyl groups is 1. The van der Waals surface area contributed by atoms with E-state index in [0.717, 1.165) is 0 Å². The number of carbonyl (C=O) groups excluding carboxylic acids is 1. The lowest BCUT2D eigenvalue weighted by molar-refractivity contribution is -0.167. The minimum atomic E-state index is -1.79. The van der Waals surface area contributed by atoms with Gasteiger partial charge in [-0.05, 0) is 6.92 Å². The summed E-state index contributed by atoms with van der Waals surface area (Å²) in [6, 6.07) is 0. The summed E-state index contributed by atoms with van der Waals surface area (Å²) >= 11 is 1.35. The summed E-state index contributed by atoms with van der Waals surface area (Å²) in [5, 5.41) is 18.4. The van der Waals surface area contributed by atoms with Crippen molar-refractivity contribution < 1.29 is 19.8 Å². The third-order valence-corrected chi connectivity index (χ3v) is 4.37. The van der Waals surface area contributed by atoms with Crippen LogP contribution in [0.5, 0.6) is 0 Å². The van der Waals surface area contributed by atoms with E-state index in [-0.39, 0.29) is 23.1 Å². The van der Waals surface area contributed by atoms with Crippen LogP contribution in [0.25, 0.3) is 0 Å². The van der Waals surface area contributed by atoms with Gasteiger partial charge in [-0.3, -0.25) is 4.79 Å². The van der Waals surface area contributed by atoms with E-state index in [1.165, 1.54) is 16.7 Å². The van der Waals surface area contributed by atoms with Gasteiger partial charge in [0.2, 0.25) is 5.91 Å². The van der Waals surface area contributed by atoms with Gasteiger partial charge in [0.15, 0.2) is 5.60 Å². The lowest BCUT2D eigenvalue weighted by atomic mass is 9.97. The van der Waals surface area contributed by atoms with Crippen LogP contribution in [0.4, 0.5) is 0 Å².